The average Bonchev–Trinajstić information content (AvgIpc) is 2.42. The molecule has 0 saturated heterocycles. The lowest BCUT2D eigenvalue weighted by atomic mass is 10.1. The summed E-state index contributed by atoms with van der Waals surface area (Å²) in [5.41, 5.74) is 9.28. The van der Waals surface area contributed by atoms with Gasteiger partial charge in [0.25, 0.3) is 0 Å². The van der Waals surface area contributed by atoms with Crippen molar-refractivity contribution in [2.45, 2.75) is 13.3 Å². The lowest BCUT2D eigenvalue weighted by molar-refractivity contribution is -0.107. The molecule has 0 aliphatic rings. The molecule has 2 rings (SSSR count). The van der Waals surface area contributed by atoms with Crippen molar-refractivity contribution in [2.24, 2.45) is 0 Å². The first kappa shape index (κ1) is 13.1. The first-order valence-corrected chi connectivity index (χ1v) is 6.18. The van der Waals surface area contributed by atoms with Gasteiger partial charge in [-0.2, -0.15) is 0 Å². The molecule has 4 heteroatoms. The highest BCUT2D eigenvalue weighted by molar-refractivity contribution is 5.77. The van der Waals surface area contributed by atoms with Gasteiger partial charge in [0, 0.05) is 36.2 Å². The van der Waals surface area contributed by atoms with Crippen molar-refractivity contribution in [2.75, 3.05) is 17.2 Å². The number of amides is 1. The molecule has 0 atom stereocenters. The molecule has 1 aromatic carbocycles. The largest absolute Gasteiger partial charge is 0.399 e. The van der Waals surface area contributed by atoms with Crippen molar-refractivity contribution in [1.82, 2.24) is 4.98 Å². The van der Waals surface area contributed by atoms with Gasteiger partial charge in [-0.25, -0.2) is 0 Å². The van der Waals surface area contributed by atoms with Gasteiger partial charge in [0.1, 0.15) is 0 Å². The summed E-state index contributed by atoms with van der Waals surface area (Å²) in [5.74, 6) is 0. The van der Waals surface area contributed by atoms with Crippen molar-refractivity contribution in [3.63, 3.8) is 0 Å². The minimum atomic E-state index is 0.602. The molecular weight excluding hydrogens is 238 g/mol. The third-order valence-corrected chi connectivity index (χ3v) is 2.99. The number of pyridine rings is 1. The quantitative estimate of drug-likeness (QED) is 0.658. The van der Waals surface area contributed by atoms with E-state index in [-0.39, 0.29) is 0 Å². The molecule has 4 nitrogen and oxygen atoms in total. The number of hydrogen-bond acceptors (Lipinski definition) is 3. The van der Waals surface area contributed by atoms with E-state index in [2.05, 4.69) is 4.98 Å². The second kappa shape index (κ2) is 6.00. The third-order valence-electron chi connectivity index (χ3n) is 2.99. The molecule has 2 aromatic rings. The number of carbonyl (C=O) groups excluding carboxylic acids is 1. The third kappa shape index (κ3) is 3.31. The van der Waals surface area contributed by atoms with E-state index in [4.69, 9.17) is 5.73 Å². The van der Waals surface area contributed by atoms with Crippen LogP contribution < -0.4 is 10.6 Å². The summed E-state index contributed by atoms with van der Waals surface area (Å²) >= 11 is 0. The zero-order valence-electron chi connectivity index (χ0n) is 10.9. The molecule has 0 radical (unpaired) electrons. The highest BCUT2D eigenvalue weighted by Gasteiger charge is 2.08. The molecule has 0 fully saturated rings. The van der Waals surface area contributed by atoms with Gasteiger partial charge in [-0.3, -0.25) is 9.78 Å². The maximum atomic E-state index is 11.2. The van der Waals surface area contributed by atoms with E-state index < -0.39 is 0 Å². The SMILES string of the molecule is Cc1cc(N)ccc1N(C=O)CCc1ccccn1. The van der Waals surface area contributed by atoms with Gasteiger partial charge >= 0.3 is 0 Å². The minimum Gasteiger partial charge on any atom is -0.399 e. The van der Waals surface area contributed by atoms with Crippen LogP contribution in [0.15, 0.2) is 42.6 Å². The van der Waals surface area contributed by atoms with Crippen LogP contribution in [0.2, 0.25) is 0 Å². The number of nitrogens with zero attached hydrogens (tertiary/aromatic N) is 2. The van der Waals surface area contributed by atoms with E-state index in [1.165, 1.54) is 0 Å². The molecular formula is C15H17N3O. The molecule has 0 unspecified atom stereocenters. The number of hydrogen-bond donors (Lipinski definition) is 1. The van der Waals surface area contributed by atoms with Crippen LogP contribution in [0, 0.1) is 6.92 Å². The van der Waals surface area contributed by atoms with Gasteiger partial charge in [0.2, 0.25) is 6.41 Å². The molecule has 0 spiro atoms. The number of aromatic nitrogens is 1. The Morgan fingerprint density at radius 1 is 1.32 bits per heavy atom. The molecule has 1 aromatic heterocycles. The Kier molecular flexibility index (Phi) is 4.13. The van der Waals surface area contributed by atoms with Crippen LogP contribution in [0.4, 0.5) is 11.4 Å². The predicted molar refractivity (Wildman–Crippen MR) is 76.9 cm³/mol. The summed E-state index contributed by atoms with van der Waals surface area (Å²) in [6.45, 7) is 2.55. The summed E-state index contributed by atoms with van der Waals surface area (Å²) in [5, 5.41) is 0. The van der Waals surface area contributed by atoms with E-state index in [1.807, 2.05) is 37.3 Å². The Bertz CT molecular complexity index is 555. The summed E-state index contributed by atoms with van der Waals surface area (Å²) in [6, 6.07) is 11.3. The zero-order valence-corrected chi connectivity index (χ0v) is 10.9. The Hall–Kier alpha value is -2.36. The fraction of sp³-hybridized carbons (Fsp3) is 0.200. The van der Waals surface area contributed by atoms with Crippen LogP contribution in [-0.2, 0) is 11.2 Å². The molecule has 2 N–H and O–H groups in total. The van der Waals surface area contributed by atoms with E-state index in [0.29, 0.717) is 12.2 Å². The lowest BCUT2D eigenvalue weighted by Crippen LogP contribution is -2.24. The van der Waals surface area contributed by atoms with Crippen LogP contribution in [0.5, 0.6) is 0 Å². The van der Waals surface area contributed by atoms with Gasteiger partial charge < -0.3 is 10.6 Å². The predicted octanol–water partition coefficient (Wildman–Crippen LogP) is 2.18. The van der Waals surface area contributed by atoms with Crippen molar-refractivity contribution in [3.8, 4) is 0 Å². The first-order valence-electron chi connectivity index (χ1n) is 6.18. The Labute approximate surface area is 112 Å². The van der Waals surface area contributed by atoms with E-state index in [9.17, 15) is 4.79 Å². The second-order valence-electron chi connectivity index (χ2n) is 4.42. The molecule has 0 saturated carbocycles. The lowest BCUT2D eigenvalue weighted by Gasteiger charge is -2.19. The standard InChI is InChI=1S/C15H17N3O/c1-12-10-13(16)5-6-15(12)18(11-19)9-7-14-4-2-3-8-17-14/h2-6,8,10-11H,7,9,16H2,1H3. The van der Waals surface area contributed by atoms with Crippen LogP contribution >= 0.6 is 0 Å². The molecule has 19 heavy (non-hydrogen) atoms. The maximum absolute atomic E-state index is 11.2. The summed E-state index contributed by atoms with van der Waals surface area (Å²) in [4.78, 5) is 17.2. The number of rotatable bonds is 5. The van der Waals surface area contributed by atoms with Crippen LogP contribution in [-0.4, -0.2) is 17.9 Å². The van der Waals surface area contributed by atoms with Crippen LogP contribution in [0.3, 0.4) is 0 Å². The van der Waals surface area contributed by atoms with Crippen molar-refractivity contribution >= 4 is 17.8 Å². The highest BCUT2D eigenvalue weighted by atomic mass is 16.1. The molecule has 1 heterocycles. The average molecular weight is 255 g/mol. The second-order valence-corrected chi connectivity index (χ2v) is 4.42. The number of anilines is 2. The Balaban J connectivity index is 2.10. The van der Waals surface area contributed by atoms with Gasteiger partial charge in [0.05, 0.1) is 0 Å². The van der Waals surface area contributed by atoms with E-state index >= 15 is 0 Å². The number of nitrogens with two attached hydrogens (primary N) is 1. The normalized spacial score (nSPS) is 10.2. The molecule has 1 amide bonds. The fourth-order valence-electron chi connectivity index (χ4n) is 2.01. The summed E-state index contributed by atoms with van der Waals surface area (Å²) in [7, 11) is 0. The van der Waals surface area contributed by atoms with E-state index in [1.54, 1.807) is 17.2 Å². The van der Waals surface area contributed by atoms with Crippen LogP contribution in [0.25, 0.3) is 0 Å². The van der Waals surface area contributed by atoms with E-state index in [0.717, 1.165) is 29.8 Å². The van der Waals surface area contributed by atoms with Crippen molar-refractivity contribution in [1.29, 1.82) is 0 Å². The number of nitrogen functional groups attached to an aromatic ring is 1. The maximum Gasteiger partial charge on any atom is 0.214 e. The molecule has 0 bridgehead atoms. The molecule has 0 aliphatic carbocycles. The monoisotopic (exact) mass is 255 g/mol. The zero-order chi connectivity index (χ0) is 13.7. The number of carbonyl (C=O) groups is 1. The topological polar surface area (TPSA) is 59.2 Å². The first-order chi connectivity index (χ1) is 9.20. The van der Waals surface area contributed by atoms with Crippen molar-refractivity contribution in [3.05, 3.63) is 53.9 Å². The number of aryl methyl sites for hydroxylation is 1. The summed E-state index contributed by atoms with van der Waals surface area (Å²) in [6.07, 6.45) is 3.33. The number of benzene rings is 1. The fourth-order valence-corrected chi connectivity index (χ4v) is 2.01. The van der Waals surface area contributed by atoms with Gasteiger partial charge in [-0.1, -0.05) is 6.07 Å². The smallest absolute Gasteiger partial charge is 0.214 e. The Morgan fingerprint density at radius 2 is 2.16 bits per heavy atom. The Morgan fingerprint density at radius 3 is 2.79 bits per heavy atom. The minimum absolute atomic E-state index is 0.602. The molecule has 0 aliphatic heterocycles. The van der Waals surface area contributed by atoms with Crippen molar-refractivity contribution < 1.29 is 4.79 Å². The summed E-state index contributed by atoms with van der Waals surface area (Å²) < 4.78 is 0. The van der Waals surface area contributed by atoms with Gasteiger partial charge in [-0.05, 0) is 42.8 Å². The van der Waals surface area contributed by atoms with Gasteiger partial charge in [-0.15, -0.1) is 0 Å². The highest BCUT2D eigenvalue weighted by Crippen LogP contribution is 2.21. The molecule has 98 valence electrons. The van der Waals surface area contributed by atoms with Gasteiger partial charge in [0.15, 0.2) is 0 Å². The van der Waals surface area contributed by atoms with Crippen LogP contribution in [0.1, 0.15) is 11.3 Å².